The largest absolute Gasteiger partial charge is 0.507 e. The van der Waals surface area contributed by atoms with E-state index < -0.39 is 0 Å². The van der Waals surface area contributed by atoms with Gasteiger partial charge in [0.1, 0.15) is 5.75 Å². The van der Waals surface area contributed by atoms with Gasteiger partial charge >= 0.3 is 0 Å². The molecule has 6 heteroatoms. The number of fused-ring (bicyclic) bond motifs is 1. The van der Waals surface area contributed by atoms with Crippen molar-refractivity contribution < 1.29 is 9.90 Å². The van der Waals surface area contributed by atoms with Gasteiger partial charge in [0.25, 0.3) is 5.91 Å². The summed E-state index contributed by atoms with van der Waals surface area (Å²) in [6.45, 7) is 3.07. The number of hydrogen-bond donors (Lipinski definition) is 1. The summed E-state index contributed by atoms with van der Waals surface area (Å²) < 4.78 is 0. The molecule has 1 aromatic heterocycles. The predicted molar refractivity (Wildman–Crippen MR) is 99.6 cm³/mol. The Hall–Kier alpha value is -2.08. The van der Waals surface area contributed by atoms with Crippen LogP contribution in [0.5, 0.6) is 5.75 Å². The van der Waals surface area contributed by atoms with E-state index in [9.17, 15) is 9.90 Å². The minimum atomic E-state index is -0.0492. The average molecular weight is 357 g/mol. The summed E-state index contributed by atoms with van der Waals surface area (Å²) in [5, 5.41) is 13.4. The molecule has 1 aromatic carbocycles. The van der Waals surface area contributed by atoms with Crippen molar-refractivity contribution in [2.24, 2.45) is 0 Å². The van der Waals surface area contributed by atoms with Crippen molar-refractivity contribution in [2.45, 2.75) is 32.1 Å². The van der Waals surface area contributed by atoms with Crippen molar-refractivity contribution in [3.8, 4) is 5.75 Å². The standard InChI is InChI=1S/C19H23N3O2S/c23-17-13-15-5-2-1-4-14(15)12-16(17)18(24)21-7-3-8-22(10-9-21)19-20-6-11-25-19/h6,11-13,23H,1-5,7-10H2. The van der Waals surface area contributed by atoms with E-state index in [2.05, 4.69) is 9.88 Å². The number of phenols is 1. The van der Waals surface area contributed by atoms with Gasteiger partial charge < -0.3 is 14.9 Å². The highest BCUT2D eigenvalue weighted by atomic mass is 32.1. The first-order valence-electron chi connectivity index (χ1n) is 9.01. The van der Waals surface area contributed by atoms with Gasteiger partial charge in [0.05, 0.1) is 5.56 Å². The smallest absolute Gasteiger partial charge is 0.257 e. The van der Waals surface area contributed by atoms with Gasteiger partial charge in [0.2, 0.25) is 0 Å². The molecular formula is C19H23N3O2S. The number of rotatable bonds is 2. The normalized spacial score (nSPS) is 17.9. The Morgan fingerprint density at radius 1 is 1.04 bits per heavy atom. The molecule has 0 radical (unpaired) electrons. The second-order valence-electron chi connectivity index (χ2n) is 6.79. The molecule has 1 fully saturated rings. The number of nitrogens with zero attached hydrogens (tertiary/aromatic N) is 3. The first kappa shape index (κ1) is 16.4. The number of carbonyl (C=O) groups is 1. The van der Waals surface area contributed by atoms with Crippen LogP contribution in [0.1, 0.15) is 40.7 Å². The van der Waals surface area contributed by atoms with Crippen LogP contribution in [-0.4, -0.2) is 47.1 Å². The fraction of sp³-hybridized carbons (Fsp3) is 0.474. The van der Waals surface area contributed by atoms with E-state index in [1.54, 1.807) is 17.4 Å². The number of amides is 1. The molecule has 1 aliphatic heterocycles. The molecule has 2 heterocycles. The van der Waals surface area contributed by atoms with E-state index in [4.69, 9.17) is 0 Å². The lowest BCUT2D eigenvalue weighted by Crippen LogP contribution is -2.35. The van der Waals surface area contributed by atoms with Crippen LogP contribution in [0.25, 0.3) is 0 Å². The Balaban J connectivity index is 1.51. The van der Waals surface area contributed by atoms with Crippen molar-refractivity contribution in [1.82, 2.24) is 9.88 Å². The molecular weight excluding hydrogens is 334 g/mol. The lowest BCUT2D eigenvalue weighted by Gasteiger charge is -2.23. The molecule has 1 N–H and O–H groups in total. The number of hydrogen-bond acceptors (Lipinski definition) is 5. The van der Waals surface area contributed by atoms with E-state index in [0.29, 0.717) is 12.1 Å². The Morgan fingerprint density at radius 2 is 1.84 bits per heavy atom. The molecule has 0 unspecified atom stereocenters. The molecule has 2 aromatic rings. The molecule has 0 atom stereocenters. The summed E-state index contributed by atoms with van der Waals surface area (Å²) in [5.41, 5.74) is 2.89. The molecule has 132 valence electrons. The van der Waals surface area contributed by atoms with Crippen LogP contribution in [0.4, 0.5) is 5.13 Å². The van der Waals surface area contributed by atoms with Gasteiger partial charge in [-0.25, -0.2) is 4.98 Å². The van der Waals surface area contributed by atoms with Gasteiger partial charge in [0.15, 0.2) is 5.13 Å². The number of carbonyl (C=O) groups excluding carboxylic acids is 1. The van der Waals surface area contributed by atoms with Crippen molar-refractivity contribution in [2.75, 3.05) is 31.1 Å². The summed E-state index contributed by atoms with van der Waals surface area (Å²) >= 11 is 1.63. The Bertz CT molecular complexity index is 760. The number of benzene rings is 1. The van der Waals surface area contributed by atoms with E-state index in [0.717, 1.165) is 50.4 Å². The second-order valence-corrected chi connectivity index (χ2v) is 7.67. The molecule has 4 rings (SSSR count). The summed E-state index contributed by atoms with van der Waals surface area (Å²) in [4.78, 5) is 21.5. The maximum Gasteiger partial charge on any atom is 0.257 e. The Labute approximate surface area is 151 Å². The van der Waals surface area contributed by atoms with Crippen molar-refractivity contribution in [3.05, 3.63) is 40.4 Å². The first-order chi connectivity index (χ1) is 12.2. The number of thiazole rings is 1. The van der Waals surface area contributed by atoms with Crippen LogP contribution in [0.15, 0.2) is 23.7 Å². The van der Waals surface area contributed by atoms with Crippen molar-refractivity contribution in [1.29, 1.82) is 0 Å². The molecule has 0 spiro atoms. The second kappa shape index (κ2) is 7.04. The van der Waals surface area contributed by atoms with Crippen molar-refractivity contribution >= 4 is 22.4 Å². The third-order valence-corrected chi connectivity index (χ3v) is 6.00. The number of aryl methyl sites for hydroxylation is 2. The van der Waals surface area contributed by atoms with Crippen LogP contribution in [0, 0.1) is 0 Å². The monoisotopic (exact) mass is 357 g/mol. The highest BCUT2D eigenvalue weighted by molar-refractivity contribution is 7.13. The van der Waals surface area contributed by atoms with E-state index in [1.807, 2.05) is 22.5 Å². The Kier molecular flexibility index (Phi) is 4.61. The lowest BCUT2D eigenvalue weighted by molar-refractivity contribution is 0.0764. The van der Waals surface area contributed by atoms with Crippen LogP contribution in [0.2, 0.25) is 0 Å². The number of anilines is 1. The molecule has 2 aliphatic rings. The molecule has 0 saturated carbocycles. The summed E-state index contributed by atoms with van der Waals surface area (Å²) in [7, 11) is 0. The van der Waals surface area contributed by atoms with Gasteiger partial charge in [-0.2, -0.15) is 0 Å². The highest BCUT2D eigenvalue weighted by Crippen LogP contribution is 2.29. The molecule has 25 heavy (non-hydrogen) atoms. The van der Waals surface area contributed by atoms with Gasteiger partial charge in [-0.3, -0.25) is 4.79 Å². The van der Waals surface area contributed by atoms with Crippen LogP contribution in [0.3, 0.4) is 0 Å². The van der Waals surface area contributed by atoms with Gasteiger partial charge in [-0.05, 0) is 55.4 Å². The molecule has 1 saturated heterocycles. The summed E-state index contributed by atoms with van der Waals surface area (Å²) in [5.74, 6) is 0.0820. The maximum absolute atomic E-state index is 13.0. The van der Waals surface area contributed by atoms with Gasteiger partial charge in [-0.1, -0.05) is 0 Å². The van der Waals surface area contributed by atoms with E-state index >= 15 is 0 Å². The fourth-order valence-corrected chi connectivity index (χ4v) is 4.50. The number of phenolic OH excluding ortho intramolecular Hbond substituents is 1. The summed E-state index contributed by atoms with van der Waals surface area (Å²) in [6, 6.07) is 3.73. The zero-order chi connectivity index (χ0) is 17.2. The van der Waals surface area contributed by atoms with Gasteiger partial charge in [0, 0.05) is 37.8 Å². The predicted octanol–water partition coefficient (Wildman–Crippen LogP) is 3.08. The lowest BCUT2D eigenvalue weighted by atomic mass is 9.89. The molecule has 0 bridgehead atoms. The molecule has 1 amide bonds. The number of aromatic nitrogens is 1. The summed E-state index contributed by atoms with van der Waals surface area (Å²) in [6.07, 6.45) is 7.07. The highest BCUT2D eigenvalue weighted by Gasteiger charge is 2.24. The van der Waals surface area contributed by atoms with Crippen LogP contribution < -0.4 is 4.90 Å². The quantitative estimate of drug-likeness (QED) is 0.897. The van der Waals surface area contributed by atoms with Crippen molar-refractivity contribution in [3.63, 3.8) is 0 Å². The maximum atomic E-state index is 13.0. The zero-order valence-electron chi connectivity index (χ0n) is 14.3. The third kappa shape index (κ3) is 3.35. The Morgan fingerprint density at radius 3 is 2.60 bits per heavy atom. The third-order valence-electron chi connectivity index (χ3n) is 5.16. The number of aromatic hydroxyl groups is 1. The van der Waals surface area contributed by atoms with E-state index in [-0.39, 0.29) is 11.7 Å². The van der Waals surface area contributed by atoms with Gasteiger partial charge in [-0.15, -0.1) is 11.3 Å². The van der Waals surface area contributed by atoms with Crippen LogP contribution >= 0.6 is 11.3 Å². The minimum Gasteiger partial charge on any atom is -0.507 e. The minimum absolute atomic E-state index is 0.0492. The SMILES string of the molecule is O=C(c1cc2c(cc1O)CCCC2)N1CCCN(c2nccs2)CC1. The zero-order valence-corrected chi connectivity index (χ0v) is 15.1. The first-order valence-corrected chi connectivity index (χ1v) is 9.89. The molecule has 5 nitrogen and oxygen atoms in total. The topological polar surface area (TPSA) is 56.7 Å². The van der Waals surface area contributed by atoms with E-state index in [1.165, 1.54) is 17.5 Å². The van der Waals surface area contributed by atoms with Crippen LogP contribution in [-0.2, 0) is 12.8 Å². The molecule has 1 aliphatic carbocycles. The average Bonchev–Trinajstić information content (AvgIpc) is 3.05. The fourth-order valence-electron chi connectivity index (χ4n) is 3.80.